The standard InChI is InChI=1S/C22H23N5O5/c1-13-11-14(6-8-16(13)27(31)32)21(29)26-10-4-5-18(26)20(28)23-15-7-9-17-19(12-15)25(3)22(30)24(17)2/h6-9,11-12,18H,4-5,10H2,1-3H3,(H,23,28). The van der Waals surface area contributed by atoms with E-state index in [0.29, 0.717) is 41.7 Å². The Morgan fingerprint density at radius 2 is 1.81 bits per heavy atom. The molecule has 3 aromatic rings. The van der Waals surface area contributed by atoms with Crippen molar-refractivity contribution in [3.05, 3.63) is 68.1 Å². The summed E-state index contributed by atoms with van der Waals surface area (Å²) in [5.74, 6) is -0.642. The van der Waals surface area contributed by atoms with Crippen LogP contribution in [0.3, 0.4) is 0 Å². The van der Waals surface area contributed by atoms with Gasteiger partial charge in [0.25, 0.3) is 11.6 Å². The van der Waals surface area contributed by atoms with Crippen molar-refractivity contribution < 1.29 is 14.5 Å². The van der Waals surface area contributed by atoms with E-state index in [9.17, 15) is 24.5 Å². The molecule has 0 spiro atoms. The number of hydrogen-bond acceptors (Lipinski definition) is 5. The minimum atomic E-state index is -0.645. The van der Waals surface area contributed by atoms with Gasteiger partial charge < -0.3 is 10.2 Å². The molecule has 32 heavy (non-hydrogen) atoms. The van der Waals surface area contributed by atoms with Crippen LogP contribution in [0.1, 0.15) is 28.8 Å². The van der Waals surface area contributed by atoms with Crippen molar-refractivity contribution in [3.8, 4) is 0 Å². The molecule has 4 rings (SSSR count). The zero-order valence-electron chi connectivity index (χ0n) is 18.0. The van der Waals surface area contributed by atoms with Gasteiger partial charge in [0, 0.05) is 43.5 Å². The SMILES string of the molecule is Cc1cc(C(=O)N2CCCC2C(=O)Nc2ccc3c(c2)n(C)c(=O)n3C)ccc1[N+](=O)[O-]. The molecule has 1 aliphatic rings. The molecule has 0 bridgehead atoms. The first-order valence-corrected chi connectivity index (χ1v) is 10.2. The molecule has 1 saturated heterocycles. The first-order chi connectivity index (χ1) is 15.2. The summed E-state index contributed by atoms with van der Waals surface area (Å²) >= 11 is 0. The molecule has 1 fully saturated rings. The van der Waals surface area contributed by atoms with Gasteiger partial charge in [-0.2, -0.15) is 0 Å². The van der Waals surface area contributed by atoms with E-state index in [-0.39, 0.29) is 23.2 Å². The highest BCUT2D eigenvalue weighted by atomic mass is 16.6. The number of nitrogens with one attached hydrogen (secondary N) is 1. The lowest BCUT2D eigenvalue weighted by atomic mass is 10.1. The fourth-order valence-corrected chi connectivity index (χ4v) is 4.25. The van der Waals surface area contributed by atoms with Crippen LogP contribution in [0.4, 0.5) is 11.4 Å². The van der Waals surface area contributed by atoms with Crippen molar-refractivity contribution in [2.24, 2.45) is 14.1 Å². The van der Waals surface area contributed by atoms with E-state index in [2.05, 4.69) is 5.32 Å². The summed E-state index contributed by atoms with van der Waals surface area (Å²) < 4.78 is 3.04. The van der Waals surface area contributed by atoms with Gasteiger partial charge in [0.2, 0.25) is 5.91 Å². The Labute approximate surface area is 183 Å². The Bertz CT molecular complexity index is 1320. The minimum absolute atomic E-state index is 0.0528. The van der Waals surface area contributed by atoms with Crippen LogP contribution in [0, 0.1) is 17.0 Å². The molecular weight excluding hydrogens is 414 g/mol. The van der Waals surface area contributed by atoms with E-state index in [1.165, 1.54) is 32.2 Å². The number of nitro benzene ring substituents is 1. The van der Waals surface area contributed by atoms with E-state index in [4.69, 9.17) is 0 Å². The van der Waals surface area contributed by atoms with Gasteiger partial charge in [0.1, 0.15) is 6.04 Å². The molecule has 1 aliphatic heterocycles. The molecule has 1 atom stereocenters. The molecule has 2 aromatic carbocycles. The Hall–Kier alpha value is -3.95. The average Bonchev–Trinajstić information content (AvgIpc) is 3.33. The summed E-state index contributed by atoms with van der Waals surface area (Å²) in [5.41, 5.74) is 2.47. The summed E-state index contributed by atoms with van der Waals surface area (Å²) in [7, 11) is 3.35. The number of carbonyl (C=O) groups is 2. The van der Waals surface area contributed by atoms with Crippen LogP contribution >= 0.6 is 0 Å². The number of fused-ring (bicyclic) bond motifs is 1. The molecule has 1 N–H and O–H groups in total. The highest BCUT2D eigenvalue weighted by molar-refractivity contribution is 6.02. The number of imidazole rings is 1. The molecule has 2 heterocycles. The lowest BCUT2D eigenvalue weighted by Crippen LogP contribution is -2.43. The highest BCUT2D eigenvalue weighted by Gasteiger charge is 2.35. The lowest BCUT2D eigenvalue weighted by Gasteiger charge is -2.24. The third-order valence-corrected chi connectivity index (χ3v) is 6.00. The van der Waals surface area contributed by atoms with E-state index < -0.39 is 11.0 Å². The predicted octanol–water partition coefficient (Wildman–Crippen LogP) is 2.34. The molecule has 1 aromatic heterocycles. The maximum absolute atomic E-state index is 13.0. The molecule has 10 heteroatoms. The topological polar surface area (TPSA) is 119 Å². The van der Waals surface area contributed by atoms with Crippen LogP contribution in [-0.4, -0.2) is 43.4 Å². The van der Waals surface area contributed by atoms with E-state index in [0.717, 1.165) is 5.52 Å². The van der Waals surface area contributed by atoms with E-state index in [1.54, 1.807) is 39.2 Å². The lowest BCUT2D eigenvalue weighted by molar-refractivity contribution is -0.385. The number of carbonyl (C=O) groups excluding carboxylic acids is 2. The van der Waals surface area contributed by atoms with Crippen LogP contribution in [0.25, 0.3) is 11.0 Å². The smallest absolute Gasteiger partial charge is 0.327 e. The zero-order valence-corrected chi connectivity index (χ0v) is 18.0. The van der Waals surface area contributed by atoms with Crippen molar-refractivity contribution in [3.63, 3.8) is 0 Å². The number of nitro groups is 1. The van der Waals surface area contributed by atoms with E-state index >= 15 is 0 Å². The second-order valence-corrected chi connectivity index (χ2v) is 8.01. The highest BCUT2D eigenvalue weighted by Crippen LogP contribution is 2.25. The Morgan fingerprint density at radius 1 is 1.09 bits per heavy atom. The molecule has 2 amide bonds. The summed E-state index contributed by atoms with van der Waals surface area (Å²) in [5, 5.41) is 13.9. The van der Waals surface area contributed by atoms with E-state index in [1.807, 2.05) is 0 Å². The van der Waals surface area contributed by atoms with Gasteiger partial charge in [-0.25, -0.2) is 4.79 Å². The van der Waals surface area contributed by atoms with Crippen molar-refractivity contribution in [2.75, 3.05) is 11.9 Å². The molecule has 0 saturated carbocycles. The summed E-state index contributed by atoms with van der Waals surface area (Å²) in [6.07, 6.45) is 1.21. The summed E-state index contributed by atoms with van der Waals surface area (Å²) in [4.78, 5) is 50.2. The molecule has 10 nitrogen and oxygen atoms in total. The van der Waals surface area contributed by atoms with Gasteiger partial charge in [-0.3, -0.25) is 28.8 Å². The van der Waals surface area contributed by atoms with Crippen LogP contribution in [0.5, 0.6) is 0 Å². The van der Waals surface area contributed by atoms with Gasteiger partial charge >= 0.3 is 5.69 Å². The fourth-order valence-electron chi connectivity index (χ4n) is 4.25. The second-order valence-electron chi connectivity index (χ2n) is 8.01. The maximum atomic E-state index is 13.0. The van der Waals surface area contributed by atoms with Gasteiger partial charge in [-0.05, 0) is 50.1 Å². The molecule has 0 aliphatic carbocycles. The third kappa shape index (κ3) is 3.53. The normalized spacial score (nSPS) is 15.8. The molecule has 0 radical (unpaired) electrons. The third-order valence-electron chi connectivity index (χ3n) is 6.00. The fraction of sp³-hybridized carbons (Fsp3) is 0.318. The van der Waals surface area contributed by atoms with Crippen molar-refractivity contribution in [1.82, 2.24) is 14.0 Å². The van der Waals surface area contributed by atoms with Crippen LogP contribution < -0.4 is 11.0 Å². The quantitative estimate of drug-likeness (QED) is 0.496. The van der Waals surface area contributed by atoms with Crippen molar-refractivity contribution in [2.45, 2.75) is 25.8 Å². The molecular formula is C22H23N5O5. The van der Waals surface area contributed by atoms with Gasteiger partial charge in [-0.15, -0.1) is 0 Å². The number of aryl methyl sites for hydroxylation is 3. The number of anilines is 1. The van der Waals surface area contributed by atoms with Crippen molar-refractivity contribution in [1.29, 1.82) is 0 Å². The van der Waals surface area contributed by atoms with Gasteiger partial charge in [-0.1, -0.05) is 0 Å². The number of hydrogen-bond donors (Lipinski definition) is 1. The minimum Gasteiger partial charge on any atom is -0.327 e. The first kappa shape index (κ1) is 21.3. The average molecular weight is 437 g/mol. The Kier molecular flexibility index (Phi) is 5.29. The first-order valence-electron chi connectivity index (χ1n) is 10.2. The number of likely N-dealkylation sites (tertiary alicyclic amines) is 1. The zero-order chi connectivity index (χ0) is 23.2. The van der Waals surface area contributed by atoms with Gasteiger partial charge in [0.15, 0.2) is 0 Å². The van der Waals surface area contributed by atoms with Crippen molar-refractivity contribution >= 4 is 34.2 Å². The number of amides is 2. The van der Waals surface area contributed by atoms with Crippen LogP contribution in [0.2, 0.25) is 0 Å². The summed E-state index contributed by atoms with van der Waals surface area (Å²) in [6.45, 7) is 2.01. The molecule has 166 valence electrons. The molecule has 1 unspecified atom stereocenters. The number of aromatic nitrogens is 2. The number of benzene rings is 2. The Morgan fingerprint density at radius 3 is 2.50 bits per heavy atom. The van der Waals surface area contributed by atoms with Crippen LogP contribution in [-0.2, 0) is 18.9 Å². The number of nitrogens with zero attached hydrogens (tertiary/aromatic N) is 4. The van der Waals surface area contributed by atoms with Crippen LogP contribution in [0.15, 0.2) is 41.2 Å². The number of rotatable bonds is 4. The maximum Gasteiger partial charge on any atom is 0.328 e. The Balaban J connectivity index is 1.55. The monoisotopic (exact) mass is 437 g/mol. The van der Waals surface area contributed by atoms with Gasteiger partial charge in [0.05, 0.1) is 16.0 Å². The predicted molar refractivity (Wildman–Crippen MR) is 119 cm³/mol. The largest absolute Gasteiger partial charge is 0.328 e. The second kappa shape index (κ2) is 7.95. The summed E-state index contributed by atoms with van der Waals surface area (Å²) in [6, 6.07) is 8.79.